The first kappa shape index (κ1) is 9.38. The number of hydrogen-bond donors (Lipinski definition) is 0. The molecule has 0 fully saturated rings. The zero-order valence-electron chi connectivity index (χ0n) is 8.17. The highest BCUT2D eigenvalue weighted by molar-refractivity contribution is 5.25. The molecule has 0 spiro atoms. The highest BCUT2D eigenvalue weighted by Gasteiger charge is 2.07. The summed E-state index contributed by atoms with van der Waals surface area (Å²) in [6, 6.07) is 1.17. The van der Waals surface area contributed by atoms with Crippen LogP contribution in [0.3, 0.4) is 0 Å². The molecule has 0 amide bonds. The summed E-state index contributed by atoms with van der Waals surface area (Å²) in [5.41, 5.74) is -1.53. The van der Waals surface area contributed by atoms with Gasteiger partial charge in [-0.05, 0) is 0 Å². The van der Waals surface area contributed by atoms with E-state index in [1.807, 2.05) is 0 Å². The zero-order chi connectivity index (χ0) is 11.2. The highest BCUT2D eigenvalue weighted by atomic mass is 16.2. The van der Waals surface area contributed by atoms with E-state index in [2.05, 4.69) is 4.98 Å². The molecule has 2 heterocycles. The van der Waals surface area contributed by atoms with Crippen molar-refractivity contribution in [3.05, 3.63) is 43.6 Å². The van der Waals surface area contributed by atoms with Crippen LogP contribution in [-0.2, 0) is 14.1 Å². The average molecular weight is 208 g/mol. The predicted molar refractivity (Wildman–Crippen MR) is 51.9 cm³/mol. The van der Waals surface area contributed by atoms with Gasteiger partial charge in [-0.1, -0.05) is 0 Å². The quantitative estimate of drug-likeness (QED) is 0.506. The molecule has 0 aliphatic heterocycles. The van der Waals surface area contributed by atoms with Gasteiger partial charge in [0.2, 0.25) is 5.78 Å². The van der Waals surface area contributed by atoms with Crippen LogP contribution in [0.4, 0.5) is 0 Å². The van der Waals surface area contributed by atoms with Crippen LogP contribution in [-0.4, -0.2) is 18.5 Å². The molecule has 78 valence electrons. The summed E-state index contributed by atoms with van der Waals surface area (Å²) < 4.78 is 3.23. The van der Waals surface area contributed by atoms with Crippen LogP contribution >= 0.6 is 0 Å². The number of fused-ring (bicyclic) bond motifs is 1. The van der Waals surface area contributed by atoms with E-state index in [0.29, 0.717) is 0 Å². The van der Waals surface area contributed by atoms with Crippen molar-refractivity contribution in [2.45, 2.75) is 0 Å². The minimum Gasteiger partial charge on any atom is -0.267 e. The summed E-state index contributed by atoms with van der Waals surface area (Å²) in [7, 11) is 2.81. The molecule has 2 rings (SSSR count). The highest BCUT2D eigenvalue weighted by Crippen LogP contribution is 1.85. The molecule has 0 aliphatic rings. The fraction of sp³-hybridized carbons (Fsp3) is 0.250. The SMILES string of the molecule is Cn1c(=O)n(C)c2nc(=O)ccn2c1=O. The van der Waals surface area contributed by atoms with Crippen molar-refractivity contribution >= 4 is 5.78 Å². The van der Waals surface area contributed by atoms with E-state index in [1.165, 1.54) is 26.4 Å². The number of rotatable bonds is 0. The van der Waals surface area contributed by atoms with E-state index in [0.717, 1.165) is 13.5 Å². The largest absolute Gasteiger partial charge is 0.338 e. The molecule has 0 unspecified atom stereocenters. The second-order valence-corrected chi connectivity index (χ2v) is 3.12. The molecule has 0 aliphatic carbocycles. The van der Waals surface area contributed by atoms with E-state index >= 15 is 0 Å². The standard InChI is InChI=1S/C8H8N4O3/c1-10-6-9-5(13)3-4-12(6)8(15)11(2)7(10)14/h3-4H,1-2H3. The molecular formula is C8H8N4O3. The van der Waals surface area contributed by atoms with Crippen LogP contribution in [0, 0.1) is 0 Å². The van der Waals surface area contributed by atoms with Crippen LogP contribution in [0.2, 0.25) is 0 Å². The van der Waals surface area contributed by atoms with Crippen molar-refractivity contribution in [1.82, 2.24) is 18.5 Å². The normalized spacial score (nSPS) is 10.8. The maximum atomic E-state index is 11.6. The fourth-order valence-electron chi connectivity index (χ4n) is 1.33. The summed E-state index contributed by atoms with van der Waals surface area (Å²) in [6.45, 7) is 0. The lowest BCUT2D eigenvalue weighted by Crippen LogP contribution is -2.42. The van der Waals surface area contributed by atoms with E-state index in [4.69, 9.17) is 0 Å². The van der Waals surface area contributed by atoms with Crippen molar-refractivity contribution in [2.24, 2.45) is 14.1 Å². The van der Waals surface area contributed by atoms with Crippen LogP contribution < -0.4 is 16.9 Å². The summed E-state index contributed by atoms with van der Waals surface area (Å²) in [5, 5.41) is 0. The van der Waals surface area contributed by atoms with Gasteiger partial charge in [0.05, 0.1) is 0 Å². The first-order valence-corrected chi connectivity index (χ1v) is 4.18. The molecule has 0 N–H and O–H groups in total. The Kier molecular flexibility index (Phi) is 1.82. The number of aryl methyl sites for hydroxylation is 1. The molecule has 0 saturated carbocycles. The first-order chi connectivity index (χ1) is 7.02. The first-order valence-electron chi connectivity index (χ1n) is 4.18. The Bertz CT molecular complexity index is 706. The van der Waals surface area contributed by atoms with Gasteiger partial charge in [-0.2, -0.15) is 4.98 Å². The molecule has 15 heavy (non-hydrogen) atoms. The molecule has 0 saturated heterocycles. The van der Waals surface area contributed by atoms with Gasteiger partial charge in [-0.3, -0.25) is 9.36 Å². The monoisotopic (exact) mass is 208 g/mol. The van der Waals surface area contributed by atoms with Gasteiger partial charge in [-0.15, -0.1) is 0 Å². The maximum Gasteiger partial charge on any atom is 0.338 e. The van der Waals surface area contributed by atoms with Gasteiger partial charge in [0, 0.05) is 26.4 Å². The Balaban J connectivity index is 3.22. The smallest absolute Gasteiger partial charge is 0.267 e. The molecule has 2 aromatic rings. The third-order valence-electron chi connectivity index (χ3n) is 2.16. The average Bonchev–Trinajstić information content (AvgIpc) is 2.23. The van der Waals surface area contributed by atoms with Crippen molar-refractivity contribution in [2.75, 3.05) is 0 Å². The third-order valence-corrected chi connectivity index (χ3v) is 2.16. The molecular weight excluding hydrogens is 200 g/mol. The molecule has 0 radical (unpaired) electrons. The minimum atomic E-state index is -0.527. The van der Waals surface area contributed by atoms with E-state index in [1.54, 1.807) is 0 Å². The van der Waals surface area contributed by atoms with Crippen LogP contribution in [0.5, 0.6) is 0 Å². The van der Waals surface area contributed by atoms with E-state index in [9.17, 15) is 14.4 Å². The van der Waals surface area contributed by atoms with Gasteiger partial charge < -0.3 is 0 Å². The summed E-state index contributed by atoms with van der Waals surface area (Å²) >= 11 is 0. The Labute approximate surface area is 82.9 Å². The summed E-state index contributed by atoms with van der Waals surface area (Å²) in [4.78, 5) is 37.7. The van der Waals surface area contributed by atoms with Crippen LogP contribution in [0.1, 0.15) is 0 Å². The second kappa shape index (κ2) is 2.91. The molecule has 0 aromatic carbocycles. The van der Waals surface area contributed by atoms with Crippen molar-refractivity contribution < 1.29 is 0 Å². The lowest BCUT2D eigenvalue weighted by molar-refractivity contribution is 0.639. The lowest BCUT2D eigenvalue weighted by Gasteiger charge is -2.05. The topological polar surface area (TPSA) is 78.4 Å². The zero-order valence-corrected chi connectivity index (χ0v) is 8.17. The number of nitrogens with zero attached hydrogens (tertiary/aromatic N) is 4. The minimum absolute atomic E-state index is 0.0376. The van der Waals surface area contributed by atoms with Gasteiger partial charge in [0.1, 0.15) is 0 Å². The van der Waals surface area contributed by atoms with Crippen LogP contribution in [0.15, 0.2) is 26.6 Å². The lowest BCUT2D eigenvalue weighted by atomic mass is 10.6. The summed E-state index contributed by atoms with van der Waals surface area (Å²) in [5.74, 6) is 0.0376. The van der Waals surface area contributed by atoms with Crippen LogP contribution in [0.25, 0.3) is 5.78 Å². The Morgan fingerprint density at radius 3 is 2.40 bits per heavy atom. The van der Waals surface area contributed by atoms with Gasteiger partial charge >= 0.3 is 11.4 Å². The Morgan fingerprint density at radius 1 is 1.07 bits per heavy atom. The molecule has 0 bridgehead atoms. The molecule has 0 atom stereocenters. The second-order valence-electron chi connectivity index (χ2n) is 3.12. The number of hydrogen-bond acceptors (Lipinski definition) is 4. The Hall–Kier alpha value is -2.18. The fourth-order valence-corrected chi connectivity index (χ4v) is 1.33. The molecule has 7 nitrogen and oxygen atoms in total. The summed E-state index contributed by atoms with van der Waals surface area (Å²) in [6.07, 6.45) is 1.30. The van der Waals surface area contributed by atoms with Crippen molar-refractivity contribution in [3.8, 4) is 0 Å². The van der Waals surface area contributed by atoms with Crippen molar-refractivity contribution in [1.29, 1.82) is 0 Å². The van der Waals surface area contributed by atoms with E-state index < -0.39 is 16.9 Å². The van der Waals surface area contributed by atoms with Gasteiger partial charge in [-0.25, -0.2) is 18.6 Å². The predicted octanol–water partition coefficient (Wildman–Crippen LogP) is -1.91. The van der Waals surface area contributed by atoms with Crippen molar-refractivity contribution in [3.63, 3.8) is 0 Å². The molecule has 2 aromatic heterocycles. The Morgan fingerprint density at radius 2 is 1.73 bits per heavy atom. The molecule has 7 heteroatoms. The maximum absolute atomic E-state index is 11.6. The van der Waals surface area contributed by atoms with E-state index in [-0.39, 0.29) is 5.78 Å². The van der Waals surface area contributed by atoms with Gasteiger partial charge in [0.15, 0.2) is 0 Å². The number of aromatic nitrogens is 4. The third kappa shape index (κ3) is 1.20. The van der Waals surface area contributed by atoms with Gasteiger partial charge in [0.25, 0.3) is 5.56 Å².